The van der Waals surface area contributed by atoms with Crippen molar-refractivity contribution in [2.75, 3.05) is 13.1 Å². The van der Waals surface area contributed by atoms with Gasteiger partial charge in [-0.2, -0.15) is 0 Å². The Hall–Kier alpha value is -1.42. The Morgan fingerprint density at radius 1 is 1.40 bits per heavy atom. The van der Waals surface area contributed by atoms with E-state index in [2.05, 4.69) is 17.0 Å². The lowest BCUT2D eigenvalue weighted by molar-refractivity contribution is -0.119. The maximum atomic E-state index is 13.2. The third kappa shape index (κ3) is 2.70. The van der Waals surface area contributed by atoms with Gasteiger partial charge >= 0.3 is 0 Å². The molecule has 3 nitrogen and oxygen atoms in total. The van der Waals surface area contributed by atoms with Crippen LogP contribution >= 0.6 is 0 Å². The molecule has 0 spiro atoms. The summed E-state index contributed by atoms with van der Waals surface area (Å²) in [4.78, 5) is 13.6. The molecule has 2 N–H and O–H groups in total. The molecule has 1 fully saturated rings. The molecule has 2 aliphatic rings. The summed E-state index contributed by atoms with van der Waals surface area (Å²) in [6.07, 6.45) is 2.86. The number of amides is 1. The van der Waals surface area contributed by atoms with Crippen molar-refractivity contribution in [2.45, 2.75) is 44.3 Å². The Bertz CT molecular complexity index is 517. The Morgan fingerprint density at radius 2 is 2.25 bits per heavy atom. The molecular weight excluding hydrogens is 255 g/mol. The van der Waals surface area contributed by atoms with Gasteiger partial charge in [0.05, 0.1) is 5.92 Å². The van der Waals surface area contributed by atoms with E-state index in [0.717, 1.165) is 37.9 Å². The first-order valence-electron chi connectivity index (χ1n) is 7.41. The number of primary amides is 1. The number of carbonyl (C=O) groups is 1. The van der Waals surface area contributed by atoms with E-state index in [4.69, 9.17) is 5.73 Å². The van der Waals surface area contributed by atoms with Crippen LogP contribution in [-0.2, 0) is 17.8 Å². The Labute approximate surface area is 118 Å². The first kappa shape index (κ1) is 13.6. The summed E-state index contributed by atoms with van der Waals surface area (Å²) >= 11 is 0. The minimum Gasteiger partial charge on any atom is -0.369 e. The van der Waals surface area contributed by atoms with Crippen LogP contribution in [0.1, 0.15) is 41.9 Å². The number of nitrogens with zero attached hydrogens (tertiary/aromatic N) is 1. The minimum absolute atomic E-state index is 0.130. The predicted molar refractivity (Wildman–Crippen MR) is 76.1 cm³/mol. The van der Waals surface area contributed by atoms with E-state index in [1.165, 1.54) is 11.1 Å². The molecule has 0 radical (unpaired) electrons. The fourth-order valence-electron chi connectivity index (χ4n) is 3.45. The van der Waals surface area contributed by atoms with Crippen LogP contribution in [-0.4, -0.2) is 30.1 Å². The van der Waals surface area contributed by atoms with Crippen LogP contribution in [0.15, 0.2) is 18.2 Å². The fraction of sp³-hybridized carbons (Fsp3) is 0.562. The van der Waals surface area contributed by atoms with E-state index in [9.17, 15) is 9.18 Å². The predicted octanol–water partition coefficient (Wildman–Crippen LogP) is 2.14. The zero-order valence-corrected chi connectivity index (χ0v) is 11.6. The number of fused-ring (bicyclic) bond motifs is 1. The van der Waals surface area contributed by atoms with Crippen molar-refractivity contribution in [3.63, 3.8) is 0 Å². The summed E-state index contributed by atoms with van der Waals surface area (Å²) in [7, 11) is 0. The van der Waals surface area contributed by atoms with Gasteiger partial charge in [-0.05, 0) is 42.4 Å². The van der Waals surface area contributed by atoms with E-state index in [-0.39, 0.29) is 11.8 Å². The SMILES string of the molecule is NC(=O)C1CCCc2cc(CN3CCC(F)C3)ccc21. The molecule has 1 aromatic carbocycles. The molecule has 1 amide bonds. The number of aryl methyl sites for hydroxylation is 1. The van der Waals surface area contributed by atoms with Gasteiger partial charge in [0, 0.05) is 19.6 Å². The van der Waals surface area contributed by atoms with Crippen molar-refractivity contribution in [1.29, 1.82) is 0 Å². The van der Waals surface area contributed by atoms with Crippen molar-refractivity contribution in [2.24, 2.45) is 5.73 Å². The molecule has 1 saturated heterocycles. The van der Waals surface area contributed by atoms with Crippen molar-refractivity contribution >= 4 is 5.91 Å². The lowest BCUT2D eigenvalue weighted by Gasteiger charge is -2.24. The van der Waals surface area contributed by atoms with Crippen LogP contribution < -0.4 is 5.73 Å². The van der Waals surface area contributed by atoms with Crippen molar-refractivity contribution < 1.29 is 9.18 Å². The zero-order valence-electron chi connectivity index (χ0n) is 11.6. The standard InChI is InChI=1S/C16H21FN2O/c17-13-6-7-19(10-13)9-11-4-5-14-12(8-11)2-1-3-15(14)16(18)20/h4-5,8,13,15H,1-3,6-7,9-10H2,(H2,18,20). The topological polar surface area (TPSA) is 46.3 Å². The first-order chi connectivity index (χ1) is 9.63. The number of benzene rings is 1. The first-order valence-corrected chi connectivity index (χ1v) is 7.41. The highest BCUT2D eigenvalue weighted by molar-refractivity contribution is 5.82. The van der Waals surface area contributed by atoms with E-state index < -0.39 is 6.17 Å². The third-order valence-electron chi connectivity index (χ3n) is 4.49. The van der Waals surface area contributed by atoms with E-state index in [1.54, 1.807) is 0 Å². The molecule has 2 atom stereocenters. The van der Waals surface area contributed by atoms with Crippen LogP contribution in [0.2, 0.25) is 0 Å². The van der Waals surface area contributed by atoms with Gasteiger partial charge in [-0.25, -0.2) is 4.39 Å². The second-order valence-corrected chi connectivity index (χ2v) is 6.00. The highest BCUT2D eigenvalue weighted by atomic mass is 19.1. The molecule has 2 unspecified atom stereocenters. The van der Waals surface area contributed by atoms with E-state index in [0.29, 0.717) is 13.0 Å². The van der Waals surface area contributed by atoms with E-state index >= 15 is 0 Å². The van der Waals surface area contributed by atoms with Crippen molar-refractivity contribution in [3.8, 4) is 0 Å². The zero-order chi connectivity index (χ0) is 14.1. The van der Waals surface area contributed by atoms with E-state index in [1.807, 2.05) is 6.07 Å². The summed E-state index contributed by atoms with van der Waals surface area (Å²) in [6, 6.07) is 6.28. The van der Waals surface area contributed by atoms with Crippen LogP contribution in [0.4, 0.5) is 4.39 Å². The third-order valence-corrected chi connectivity index (χ3v) is 4.49. The molecule has 1 heterocycles. The van der Waals surface area contributed by atoms with Crippen LogP contribution in [0, 0.1) is 0 Å². The van der Waals surface area contributed by atoms with Gasteiger partial charge in [0.25, 0.3) is 0 Å². The second kappa shape index (κ2) is 5.52. The highest BCUT2D eigenvalue weighted by Crippen LogP contribution is 2.32. The number of alkyl halides is 1. The quantitative estimate of drug-likeness (QED) is 0.919. The van der Waals surface area contributed by atoms with Gasteiger partial charge in [-0.3, -0.25) is 9.69 Å². The number of halogens is 1. The van der Waals surface area contributed by atoms with Gasteiger partial charge in [0.1, 0.15) is 6.17 Å². The Morgan fingerprint density at radius 3 is 2.95 bits per heavy atom. The molecule has 1 aliphatic carbocycles. The molecule has 20 heavy (non-hydrogen) atoms. The number of rotatable bonds is 3. The van der Waals surface area contributed by atoms with Crippen molar-refractivity contribution in [3.05, 3.63) is 34.9 Å². The molecule has 1 aromatic rings. The largest absolute Gasteiger partial charge is 0.369 e. The normalized spacial score (nSPS) is 26.4. The maximum Gasteiger partial charge on any atom is 0.224 e. The average molecular weight is 276 g/mol. The average Bonchev–Trinajstić information content (AvgIpc) is 2.83. The molecule has 108 valence electrons. The molecular formula is C16H21FN2O. The van der Waals surface area contributed by atoms with Gasteiger partial charge in [-0.1, -0.05) is 18.2 Å². The van der Waals surface area contributed by atoms with Gasteiger partial charge in [-0.15, -0.1) is 0 Å². The summed E-state index contributed by atoms with van der Waals surface area (Å²) in [5.74, 6) is -0.353. The van der Waals surface area contributed by atoms with Crippen LogP contribution in [0.3, 0.4) is 0 Å². The molecule has 3 rings (SSSR count). The molecule has 0 bridgehead atoms. The Kier molecular flexibility index (Phi) is 3.74. The Balaban J connectivity index is 1.77. The maximum absolute atomic E-state index is 13.2. The van der Waals surface area contributed by atoms with Gasteiger partial charge < -0.3 is 5.73 Å². The molecule has 4 heteroatoms. The number of likely N-dealkylation sites (tertiary alicyclic amines) is 1. The molecule has 0 saturated carbocycles. The van der Waals surface area contributed by atoms with Gasteiger partial charge in [0.15, 0.2) is 0 Å². The monoisotopic (exact) mass is 276 g/mol. The smallest absolute Gasteiger partial charge is 0.224 e. The highest BCUT2D eigenvalue weighted by Gasteiger charge is 2.25. The van der Waals surface area contributed by atoms with Crippen molar-refractivity contribution in [1.82, 2.24) is 4.90 Å². The number of hydrogen-bond donors (Lipinski definition) is 1. The lowest BCUT2D eigenvalue weighted by atomic mass is 9.81. The van der Waals surface area contributed by atoms with Gasteiger partial charge in [0.2, 0.25) is 5.91 Å². The number of nitrogens with two attached hydrogens (primary N) is 1. The van der Waals surface area contributed by atoms with Crippen LogP contribution in [0.5, 0.6) is 0 Å². The lowest BCUT2D eigenvalue weighted by Crippen LogP contribution is -2.25. The number of carbonyl (C=O) groups excluding carboxylic acids is 1. The molecule has 0 aromatic heterocycles. The molecule has 1 aliphatic heterocycles. The summed E-state index contributed by atoms with van der Waals surface area (Å²) in [5.41, 5.74) is 9.03. The van der Waals surface area contributed by atoms with Crippen LogP contribution in [0.25, 0.3) is 0 Å². The second-order valence-electron chi connectivity index (χ2n) is 6.00. The number of hydrogen-bond acceptors (Lipinski definition) is 2. The minimum atomic E-state index is -0.674. The fourth-order valence-corrected chi connectivity index (χ4v) is 3.45. The summed E-state index contributed by atoms with van der Waals surface area (Å²) in [5, 5.41) is 0. The summed E-state index contributed by atoms with van der Waals surface area (Å²) < 4.78 is 13.2. The summed E-state index contributed by atoms with van der Waals surface area (Å²) in [6.45, 7) is 2.18.